The molecule has 7 heteroatoms. The summed E-state index contributed by atoms with van der Waals surface area (Å²) in [5.41, 5.74) is 4.13. The summed E-state index contributed by atoms with van der Waals surface area (Å²) in [6.07, 6.45) is 3.02. The van der Waals surface area contributed by atoms with E-state index in [0.717, 1.165) is 42.6 Å². The van der Waals surface area contributed by atoms with Crippen LogP contribution in [-0.4, -0.2) is 34.7 Å². The first-order chi connectivity index (χ1) is 14.5. The molecular formula is C23H23N3O4. The van der Waals surface area contributed by atoms with E-state index in [0.29, 0.717) is 34.8 Å². The number of nitrogens with zero attached hydrogens (tertiary/aromatic N) is 3. The molecule has 1 saturated carbocycles. The number of anilines is 1. The predicted octanol–water partition coefficient (Wildman–Crippen LogP) is 3.93. The van der Waals surface area contributed by atoms with E-state index in [1.807, 2.05) is 24.3 Å². The average Bonchev–Trinajstić information content (AvgIpc) is 3.55. The minimum atomic E-state index is -0.906. The number of para-hydroxylation sites is 1. The second kappa shape index (κ2) is 7.23. The van der Waals surface area contributed by atoms with Crippen molar-refractivity contribution < 1.29 is 18.8 Å². The van der Waals surface area contributed by atoms with Gasteiger partial charge in [0.05, 0.1) is 16.6 Å². The number of rotatable bonds is 4. The Morgan fingerprint density at radius 1 is 1.27 bits per heavy atom. The van der Waals surface area contributed by atoms with Crippen LogP contribution >= 0.6 is 0 Å². The Hall–Kier alpha value is -3.22. The van der Waals surface area contributed by atoms with Gasteiger partial charge in [0, 0.05) is 23.8 Å². The summed E-state index contributed by atoms with van der Waals surface area (Å²) in [6.45, 7) is 4.01. The summed E-state index contributed by atoms with van der Waals surface area (Å²) >= 11 is 0. The van der Waals surface area contributed by atoms with Crippen LogP contribution in [0.1, 0.15) is 59.4 Å². The van der Waals surface area contributed by atoms with Crippen LogP contribution in [-0.2, 0) is 16.0 Å². The molecule has 0 saturated heterocycles. The number of ether oxygens (including phenoxy) is 1. The molecule has 1 aliphatic carbocycles. The fourth-order valence-electron chi connectivity index (χ4n) is 4.12. The van der Waals surface area contributed by atoms with Gasteiger partial charge in [-0.2, -0.15) is 0 Å². The number of esters is 1. The SMILES string of the molecule is Cc1noc2nc(C3CC3)cc(C(=O)OC(C)C(=O)N3CCCc4ccccc43)c12. The lowest BCUT2D eigenvalue weighted by Gasteiger charge is -2.31. The molecule has 1 amide bonds. The van der Waals surface area contributed by atoms with Gasteiger partial charge in [-0.25, -0.2) is 9.78 Å². The Labute approximate surface area is 174 Å². The zero-order chi connectivity index (χ0) is 20.8. The maximum atomic E-state index is 13.1. The van der Waals surface area contributed by atoms with Crippen molar-refractivity contribution in [3.8, 4) is 0 Å². The largest absolute Gasteiger partial charge is 0.449 e. The molecule has 0 radical (unpaired) electrons. The van der Waals surface area contributed by atoms with Crippen LogP contribution in [0.3, 0.4) is 0 Å². The van der Waals surface area contributed by atoms with E-state index in [2.05, 4.69) is 10.1 Å². The van der Waals surface area contributed by atoms with E-state index >= 15 is 0 Å². The average molecular weight is 405 g/mol. The fraction of sp³-hybridized carbons (Fsp3) is 0.391. The summed E-state index contributed by atoms with van der Waals surface area (Å²) in [4.78, 5) is 32.4. The van der Waals surface area contributed by atoms with Crippen LogP contribution in [0.5, 0.6) is 0 Å². The van der Waals surface area contributed by atoms with Gasteiger partial charge in [-0.3, -0.25) is 4.79 Å². The molecule has 154 valence electrons. The quantitative estimate of drug-likeness (QED) is 0.612. The van der Waals surface area contributed by atoms with Crippen LogP contribution in [0, 0.1) is 6.92 Å². The van der Waals surface area contributed by atoms with Crippen LogP contribution in [0.25, 0.3) is 11.1 Å². The number of aromatic nitrogens is 2. The first-order valence-corrected chi connectivity index (χ1v) is 10.4. The molecule has 3 aromatic rings. The molecule has 7 nitrogen and oxygen atoms in total. The summed E-state index contributed by atoms with van der Waals surface area (Å²) in [7, 11) is 0. The lowest BCUT2D eigenvalue weighted by Crippen LogP contribution is -2.42. The lowest BCUT2D eigenvalue weighted by atomic mass is 10.0. The van der Waals surface area contributed by atoms with Gasteiger partial charge in [-0.15, -0.1) is 0 Å². The molecule has 0 spiro atoms. The van der Waals surface area contributed by atoms with E-state index < -0.39 is 12.1 Å². The lowest BCUT2D eigenvalue weighted by molar-refractivity contribution is -0.126. The van der Waals surface area contributed by atoms with Crippen LogP contribution in [0.4, 0.5) is 5.69 Å². The maximum Gasteiger partial charge on any atom is 0.339 e. The Kier molecular flexibility index (Phi) is 4.53. The molecule has 1 fully saturated rings. The van der Waals surface area contributed by atoms with Crippen molar-refractivity contribution in [3.05, 3.63) is 52.8 Å². The third-order valence-electron chi connectivity index (χ3n) is 5.86. The fourth-order valence-corrected chi connectivity index (χ4v) is 4.12. The van der Waals surface area contributed by atoms with Crippen molar-refractivity contribution in [1.82, 2.24) is 10.1 Å². The van der Waals surface area contributed by atoms with E-state index in [-0.39, 0.29) is 5.91 Å². The third-order valence-corrected chi connectivity index (χ3v) is 5.86. The number of carbonyl (C=O) groups is 2. The molecule has 2 aliphatic rings. The summed E-state index contributed by atoms with van der Waals surface area (Å²) < 4.78 is 10.9. The van der Waals surface area contributed by atoms with Crippen molar-refractivity contribution in [2.24, 2.45) is 0 Å². The minimum absolute atomic E-state index is 0.217. The molecule has 30 heavy (non-hydrogen) atoms. The summed E-state index contributed by atoms with van der Waals surface area (Å²) in [5.74, 6) is -0.428. The topological polar surface area (TPSA) is 85.5 Å². The van der Waals surface area contributed by atoms with Gasteiger partial charge < -0.3 is 14.2 Å². The van der Waals surface area contributed by atoms with Crippen LogP contribution < -0.4 is 4.90 Å². The molecular weight excluding hydrogens is 382 g/mol. The Balaban J connectivity index is 1.41. The highest BCUT2D eigenvalue weighted by atomic mass is 16.5. The van der Waals surface area contributed by atoms with Gasteiger partial charge in [0.2, 0.25) is 0 Å². The molecule has 1 aromatic carbocycles. The molecule has 1 aliphatic heterocycles. The van der Waals surface area contributed by atoms with Gasteiger partial charge in [0.1, 0.15) is 0 Å². The number of fused-ring (bicyclic) bond motifs is 2. The van der Waals surface area contributed by atoms with Gasteiger partial charge in [-0.1, -0.05) is 23.4 Å². The van der Waals surface area contributed by atoms with Crippen LogP contribution in [0.15, 0.2) is 34.9 Å². The zero-order valence-corrected chi connectivity index (χ0v) is 17.1. The first kappa shape index (κ1) is 18.8. The maximum absolute atomic E-state index is 13.1. The molecule has 1 unspecified atom stereocenters. The van der Waals surface area contributed by atoms with Crippen LogP contribution in [0.2, 0.25) is 0 Å². The monoisotopic (exact) mass is 405 g/mol. The summed E-state index contributed by atoms with van der Waals surface area (Å²) in [6, 6.07) is 9.63. The van der Waals surface area contributed by atoms with Gasteiger partial charge in [0.25, 0.3) is 11.6 Å². The number of hydrogen-bond donors (Lipinski definition) is 0. The standard InChI is InChI=1S/C23H23N3O4/c1-13-20-17(12-18(15-9-10-15)24-21(20)30-25-13)23(28)29-14(2)22(27)26-11-5-7-16-6-3-4-8-19(16)26/h3-4,6,8,12,14-15H,5,7,9-11H2,1-2H3. The molecule has 0 N–H and O–H groups in total. The number of carbonyl (C=O) groups excluding carboxylic acids is 2. The minimum Gasteiger partial charge on any atom is -0.449 e. The number of hydrogen-bond acceptors (Lipinski definition) is 6. The normalized spacial score (nSPS) is 16.9. The highest BCUT2D eigenvalue weighted by Gasteiger charge is 2.32. The molecule has 3 heterocycles. The molecule has 0 bridgehead atoms. The molecule has 5 rings (SSSR count). The number of amides is 1. The van der Waals surface area contributed by atoms with Crippen molar-refractivity contribution in [2.75, 3.05) is 11.4 Å². The number of aryl methyl sites for hydroxylation is 2. The summed E-state index contributed by atoms with van der Waals surface area (Å²) in [5, 5.41) is 4.50. The second-order valence-corrected chi connectivity index (χ2v) is 8.09. The highest BCUT2D eigenvalue weighted by Crippen LogP contribution is 2.40. The second-order valence-electron chi connectivity index (χ2n) is 8.09. The van der Waals surface area contributed by atoms with Gasteiger partial charge in [-0.05, 0) is 57.2 Å². The number of pyridine rings is 1. The molecule has 1 atom stereocenters. The van der Waals surface area contributed by atoms with Gasteiger partial charge in [0.15, 0.2) is 6.10 Å². The molecule has 2 aromatic heterocycles. The van der Waals surface area contributed by atoms with Crippen molar-refractivity contribution in [1.29, 1.82) is 0 Å². The van der Waals surface area contributed by atoms with E-state index in [9.17, 15) is 9.59 Å². The van der Waals surface area contributed by atoms with Crippen molar-refractivity contribution in [2.45, 2.75) is 51.6 Å². The third kappa shape index (κ3) is 3.24. The predicted molar refractivity (Wildman–Crippen MR) is 111 cm³/mol. The van der Waals surface area contributed by atoms with E-state index in [1.165, 1.54) is 0 Å². The van der Waals surface area contributed by atoms with Gasteiger partial charge >= 0.3 is 5.97 Å². The van der Waals surface area contributed by atoms with E-state index in [1.54, 1.807) is 24.8 Å². The Morgan fingerprint density at radius 2 is 2.07 bits per heavy atom. The van der Waals surface area contributed by atoms with Crippen molar-refractivity contribution >= 4 is 28.7 Å². The van der Waals surface area contributed by atoms with Crippen molar-refractivity contribution in [3.63, 3.8) is 0 Å². The Bertz CT molecular complexity index is 1150. The Morgan fingerprint density at radius 3 is 2.87 bits per heavy atom. The smallest absolute Gasteiger partial charge is 0.339 e. The van der Waals surface area contributed by atoms with E-state index in [4.69, 9.17) is 9.26 Å². The highest BCUT2D eigenvalue weighted by molar-refractivity contribution is 6.05. The first-order valence-electron chi connectivity index (χ1n) is 10.4. The number of benzene rings is 1. The zero-order valence-electron chi connectivity index (χ0n) is 17.1.